The van der Waals surface area contributed by atoms with Gasteiger partial charge in [0.1, 0.15) is 11.5 Å². The van der Waals surface area contributed by atoms with Crippen LogP contribution >= 0.6 is 7.92 Å². The van der Waals surface area contributed by atoms with Crippen molar-refractivity contribution >= 4 is 23.8 Å². The highest BCUT2D eigenvalue weighted by molar-refractivity contribution is 7.80. The number of alkyl halides is 6. The van der Waals surface area contributed by atoms with Crippen LogP contribution in [0.15, 0.2) is 78.9 Å². The Morgan fingerprint density at radius 3 is 1.31 bits per heavy atom. The topological polar surface area (TPSA) is 18.5 Å². The first-order chi connectivity index (χ1) is 13.6. The van der Waals surface area contributed by atoms with E-state index in [2.05, 4.69) is 9.47 Å². The Hall–Kier alpha value is -2.73. The number of hydrogen-bond donors (Lipinski definition) is 0. The van der Waals surface area contributed by atoms with Gasteiger partial charge in [-0.1, -0.05) is 66.7 Å². The Morgan fingerprint density at radius 1 is 0.517 bits per heavy atom. The molecular weight excluding hydrogens is 417 g/mol. The van der Waals surface area contributed by atoms with Gasteiger partial charge < -0.3 is 9.47 Å². The van der Waals surface area contributed by atoms with E-state index in [-0.39, 0.29) is 10.6 Å². The molecule has 0 atom stereocenters. The molecule has 0 fully saturated rings. The summed E-state index contributed by atoms with van der Waals surface area (Å²) in [5.74, 6) is -0.950. The summed E-state index contributed by atoms with van der Waals surface area (Å²) in [6, 6.07) is 19.1. The van der Waals surface area contributed by atoms with Crippen molar-refractivity contribution in [2.45, 2.75) is 12.7 Å². The lowest BCUT2D eigenvalue weighted by molar-refractivity contribution is -0.275. The van der Waals surface area contributed by atoms with E-state index < -0.39 is 32.1 Å². The van der Waals surface area contributed by atoms with Gasteiger partial charge in [-0.25, -0.2) is 0 Å². The SMILES string of the molecule is FC(F)(F)Oc1ccccc1P(c1ccccc1)c1ccccc1OC(F)(F)F. The lowest BCUT2D eigenvalue weighted by Gasteiger charge is -2.24. The molecule has 0 aromatic heterocycles. The van der Waals surface area contributed by atoms with Gasteiger partial charge in [0.05, 0.1) is 0 Å². The van der Waals surface area contributed by atoms with Gasteiger partial charge >= 0.3 is 12.7 Å². The Morgan fingerprint density at radius 2 is 0.897 bits per heavy atom. The third kappa shape index (κ3) is 5.64. The molecule has 3 rings (SSSR count). The molecule has 0 N–H and O–H groups in total. The minimum Gasteiger partial charge on any atom is -0.405 e. The Kier molecular flexibility index (Phi) is 6.03. The molecule has 0 saturated carbocycles. The standard InChI is InChI=1S/C20H13F6O2P/c21-19(22,23)27-15-10-4-6-12-17(15)29(14-8-2-1-3-9-14)18-13-7-5-11-16(18)28-20(24,25)26/h1-13H. The summed E-state index contributed by atoms with van der Waals surface area (Å²) in [6.45, 7) is 0. The molecule has 0 bridgehead atoms. The summed E-state index contributed by atoms with van der Waals surface area (Å²) in [7, 11) is -1.84. The molecule has 0 unspecified atom stereocenters. The van der Waals surface area contributed by atoms with Crippen LogP contribution in [-0.4, -0.2) is 12.7 Å². The lowest BCUT2D eigenvalue weighted by atomic mass is 10.3. The maximum atomic E-state index is 12.9. The van der Waals surface area contributed by atoms with Crippen LogP contribution in [0.25, 0.3) is 0 Å². The van der Waals surface area contributed by atoms with Gasteiger partial charge in [-0.15, -0.1) is 26.3 Å². The van der Waals surface area contributed by atoms with Crippen molar-refractivity contribution in [2.75, 3.05) is 0 Å². The van der Waals surface area contributed by atoms with Crippen LogP contribution in [0.1, 0.15) is 0 Å². The van der Waals surface area contributed by atoms with Crippen molar-refractivity contribution in [1.29, 1.82) is 0 Å². The van der Waals surface area contributed by atoms with E-state index >= 15 is 0 Å². The van der Waals surface area contributed by atoms with E-state index in [1.807, 2.05) is 0 Å². The van der Waals surface area contributed by atoms with Crippen LogP contribution in [0.2, 0.25) is 0 Å². The monoisotopic (exact) mass is 430 g/mol. The molecule has 0 aliphatic rings. The zero-order valence-corrected chi connectivity index (χ0v) is 15.4. The fourth-order valence-electron chi connectivity index (χ4n) is 2.69. The van der Waals surface area contributed by atoms with Gasteiger partial charge in [-0.3, -0.25) is 0 Å². The summed E-state index contributed by atoms with van der Waals surface area (Å²) in [4.78, 5) is 0. The normalized spacial score (nSPS) is 12.1. The van der Waals surface area contributed by atoms with Gasteiger partial charge in [-0.05, 0) is 25.4 Å². The van der Waals surface area contributed by atoms with Gasteiger partial charge in [0.15, 0.2) is 0 Å². The third-order valence-electron chi connectivity index (χ3n) is 3.68. The van der Waals surface area contributed by atoms with Gasteiger partial charge in [0.25, 0.3) is 0 Å². The van der Waals surface area contributed by atoms with E-state index in [9.17, 15) is 26.3 Å². The van der Waals surface area contributed by atoms with Crippen molar-refractivity contribution in [2.24, 2.45) is 0 Å². The summed E-state index contributed by atoms with van der Waals surface area (Å²) in [6.07, 6.45) is -9.90. The first kappa shape index (κ1) is 21.0. The summed E-state index contributed by atoms with van der Waals surface area (Å²) < 4.78 is 85.7. The molecule has 0 aliphatic carbocycles. The van der Waals surface area contributed by atoms with Crippen molar-refractivity contribution < 1.29 is 35.8 Å². The number of ether oxygens (including phenoxy) is 2. The molecule has 29 heavy (non-hydrogen) atoms. The summed E-state index contributed by atoms with van der Waals surface area (Å²) in [5, 5.41) is 0.771. The molecule has 0 spiro atoms. The number of rotatable bonds is 5. The fraction of sp³-hybridized carbons (Fsp3) is 0.100. The van der Waals surface area contributed by atoms with Gasteiger partial charge in [-0.2, -0.15) is 0 Å². The van der Waals surface area contributed by atoms with Crippen molar-refractivity contribution in [3.63, 3.8) is 0 Å². The molecule has 0 aliphatic heterocycles. The van der Waals surface area contributed by atoms with Crippen LogP contribution in [-0.2, 0) is 0 Å². The smallest absolute Gasteiger partial charge is 0.405 e. The average molecular weight is 430 g/mol. The first-order valence-electron chi connectivity index (χ1n) is 8.19. The number of benzene rings is 3. The maximum Gasteiger partial charge on any atom is 0.573 e. The molecule has 2 nitrogen and oxygen atoms in total. The van der Waals surface area contributed by atoms with Crippen LogP contribution in [0, 0.1) is 0 Å². The minimum absolute atomic E-state index is 0.115. The molecule has 0 heterocycles. The molecule has 0 radical (unpaired) electrons. The van der Waals surface area contributed by atoms with E-state index in [1.54, 1.807) is 30.3 Å². The average Bonchev–Trinajstić information content (AvgIpc) is 2.63. The Bertz CT molecular complexity index is 897. The maximum absolute atomic E-state index is 12.9. The minimum atomic E-state index is -4.95. The highest BCUT2D eigenvalue weighted by Crippen LogP contribution is 2.41. The first-order valence-corrected chi connectivity index (χ1v) is 9.53. The lowest BCUT2D eigenvalue weighted by Crippen LogP contribution is -2.28. The second-order valence-corrected chi connectivity index (χ2v) is 7.85. The Balaban J connectivity index is 2.20. The number of halogens is 6. The second-order valence-electron chi connectivity index (χ2n) is 5.70. The molecule has 0 amide bonds. The summed E-state index contributed by atoms with van der Waals surface area (Å²) >= 11 is 0. The van der Waals surface area contributed by atoms with Gasteiger partial charge in [0.2, 0.25) is 0 Å². The van der Waals surface area contributed by atoms with E-state index in [0.717, 1.165) is 12.1 Å². The third-order valence-corrected chi connectivity index (χ3v) is 6.20. The van der Waals surface area contributed by atoms with Crippen LogP contribution in [0.4, 0.5) is 26.3 Å². The molecule has 0 saturated heterocycles. The molecule has 3 aromatic carbocycles. The second kappa shape index (κ2) is 8.33. The Labute approximate surface area is 163 Å². The van der Waals surface area contributed by atoms with Crippen LogP contribution in [0.3, 0.4) is 0 Å². The molecular formula is C20H13F6O2P. The van der Waals surface area contributed by atoms with Gasteiger partial charge in [0, 0.05) is 10.6 Å². The number of hydrogen-bond acceptors (Lipinski definition) is 2. The summed E-state index contributed by atoms with van der Waals surface area (Å²) in [5.41, 5.74) is 0. The molecule has 9 heteroatoms. The zero-order chi connectivity index (χ0) is 21.1. The van der Waals surface area contributed by atoms with Crippen molar-refractivity contribution in [3.8, 4) is 11.5 Å². The van der Waals surface area contributed by atoms with E-state index in [1.165, 1.54) is 36.4 Å². The highest BCUT2D eigenvalue weighted by Gasteiger charge is 2.36. The zero-order valence-electron chi connectivity index (χ0n) is 14.5. The van der Waals surface area contributed by atoms with Crippen LogP contribution < -0.4 is 25.4 Å². The molecule has 152 valence electrons. The predicted octanol–water partition coefficient (Wildman–Crippen LogP) is 5.24. The highest BCUT2D eigenvalue weighted by atomic mass is 31.1. The predicted molar refractivity (Wildman–Crippen MR) is 98.5 cm³/mol. The largest absolute Gasteiger partial charge is 0.573 e. The van der Waals surface area contributed by atoms with Crippen LogP contribution in [0.5, 0.6) is 11.5 Å². The van der Waals surface area contributed by atoms with Crippen molar-refractivity contribution in [1.82, 2.24) is 0 Å². The number of para-hydroxylation sites is 2. The van der Waals surface area contributed by atoms with E-state index in [4.69, 9.17) is 0 Å². The van der Waals surface area contributed by atoms with E-state index in [0.29, 0.717) is 5.30 Å². The molecule has 3 aromatic rings. The quantitative estimate of drug-likeness (QED) is 0.407. The van der Waals surface area contributed by atoms with Crippen molar-refractivity contribution in [3.05, 3.63) is 78.9 Å². The fourth-order valence-corrected chi connectivity index (χ4v) is 5.13.